The van der Waals surface area contributed by atoms with E-state index in [1.807, 2.05) is 0 Å². The standard InChI is InChI=1S/C13H11N7O2/c1-3-9-6-14-7-11(20-13(21)19(2)17-18-20)10(9)8-22-12-4-5-15-16-12/h1,4-7H,8H2,2H3,(H,15,16)/i/hT. The quantitative estimate of drug-likeness (QED) is 0.660. The molecule has 22 heavy (non-hydrogen) atoms. The number of nitrogens with zero attached hydrogens (tertiary/aromatic N) is 6. The maximum atomic E-state index is 12.0. The van der Waals surface area contributed by atoms with Crippen LogP contribution < -0.4 is 10.4 Å². The van der Waals surface area contributed by atoms with Crippen molar-refractivity contribution in [3.05, 3.63) is 46.3 Å². The highest BCUT2D eigenvalue weighted by Crippen LogP contribution is 2.17. The van der Waals surface area contributed by atoms with E-state index in [4.69, 9.17) is 12.6 Å². The average Bonchev–Trinajstić information content (AvgIpc) is 3.11. The Morgan fingerprint density at radius 2 is 2.36 bits per heavy atom. The molecule has 3 aromatic heterocycles. The topological polar surface area (TPSA) is 104 Å². The lowest BCUT2D eigenvalue weighted by molar-refractivity contribution is 0.292. The molecule has 0 aliphatic carbocycles. The van der Waals surface area contributed by atoms with Gasteiger partial charge in [-0.05, 0) is 10.4 Å². The fourth-order valence-corrected chi connectivity index (χ4v) is 1.84. The Morgan fingerprint density at radius 1 is 1.50 bits per heavy atom. The Kier molecular flexibility index (Phi) is 3.10. The first kappa shape index (κ1) is 12.3. The normalized spacial score (nSPS) is 11.0. The molecule has 9 nitrogen and oxygen atoms in total. The van der Waals surface area contributed by atoms with Crippen molar-refractivity contribution in [3.8, 4) is 23.9 Å². The van der Waals surface area contributed by atoms with Gasteiger partial charge in [-0.3, -0.25) is 10.1 Å². The van der Waals surface area contributed by atoms with E-state index in [1.54, 1.807) is 0 Å². The van der Waals surface area contributed by atoms with Crippen molar-refractivity contribution in [2.75, 3.05) is 0 Å². The molecule has 0 amide bonds. The van der Waals surface area contributed by atoms with Gasteiger partial charge in [0.1, 0.15) is 6.61 Å². The molecule has 9 heteroatoms. The minimum Gasteiger partial charge on any atom is -0.472 e. The van der Waals surface area contributed by atoms with Gasteiger partial charge in [-0.1, -0.05) is 5.92 Å². The summed E-state index contributed by atoms with van der Waals surface area (Å²) in [6.45, 7) is 0.0391. The Morgan fingerprint density at radius 3 is 3.00 bits per heavy atom. The second-order valence-electron chi connectivity index (χ2n) is 4.28. The van der Waals surface area contributed by atoms with E-state index >= 15 is 0 Å². The van der Waals surface area contributed by atoms with Gasteiger partial charge in [-0.15, -0.1) is 11.5 Å². The maximum Gasteiger partial charge on any atom is 0.368 e. The van der Waals surface area contributed by atoms with Gasteiger partial charge >= 0.3 is 5.69 Å². The number of nitrogens with one attached hydrogen (secondary N) is 1. The number of aryl methyl sites for hydroxylation is 1. The molecule has 0 aliphatic heterocycles. The van der Waals surface area contributed by atoms with Gasteiger partial charge in [-0.25, -0.2) is 4.79 Å². The number of hydrogen-bond donors (Lipinski definition) is 1. The molecule has 0 fully saturated rings. The van der Waals surface area contributed by atoms with Crippen LogP contribution in [0.25, 0.3) is 5.69 Å². The van der Waals surface area contributed by atoms with Crippen LogP contribution in [0.3, 0.4) is 0 Å². The van der Waals surface area contributed by atoms with Gasteiger partial charge in [0.2, 0.25) is 5.88 Å². The van der Waals surface area contributed by atoms with E-state index in [-0.39, 0.29) is 12.5 Å². The number of ether oxygens (including phenoxy) is 1. The third-order valence-corrected chi connectivity index (χ3v) is 2.94. The van der Waals surface area contributed by atoms with Crippen LogP contribution in [-0.2, 0) is 13.7 Å². The van der Waals surface area contributed by atoms with Crippen molar-refractivity contribution in [1.82, 2.24) is 35.0 Å². The van der Waals surface area contributed by atoms with Crippen LogP contribution in [0.5, 0.6) is 5.88 Å². The molecule has 0 saturated heterocycles. The molecule has 0 unspecified atom stereocenters. The van der Waals surface area contributed by atoms with Gasteiger partial charge in [0.05, 0.1) is 17.4 Å². The SMILES string of the molecule is [3H]n1ccc(OCc2c(C#C)cncc2-n2nnn(C)c2=O)n1. The summed E-state index contributed by atoms with van der Waals surface area (Å²) >= 11 is 0. The zero-order chi connectivity index (χ0) is 16.4. The molecule has 0 aromatic carbocycles. The number of terminal acetylenes is 1. The van der Waals surface area contributed by atoms with E-state index in [0.29, 0.717) is 16.8 Å². The molecule has 3 rings (SSSR count). The number of H-pyrrole nitrogens is 1. The second-order valence-corrected chi connectivity index (χ2v) is 4.28. The number of aromatic nitrogens is 7. The van der Waals surface area contributed by atoms with E-state index < -0.39 is 5.69 Å². The number of pyridine rings is 1. The smallest absolute Gasteiger partial charge is 0.368 e. The highest BCUT2D eigenvalue weighted by molar-refractivity contribution is 5.48. The lowest BCUT2D eigenvalue weighted by atomic mass is 10.1. The largest absolute Gasteiger partial charge is 0.472 e. The summed E-state index contributed by atoms with van der Waals surface area (Å²) < 4.78 is 15.0. The molecule has 110 valence electrons. The van der Waals surface area contributed by atoms with Gasteiger partial charge < -0.3 is 4.74 Å². The molecule has 3 heterocycles. The molecule has 0 aliphatic rings. The second kappa shape index (κ2) is 5.53. The monoisotopic (exact) mass is 299 g/mol. The molecule has 0 radical (unpaired) electrons. The third-order valence-electron chi connectivity index (χ3n) is 2.94. The zero-order valence-electron chi connectivity index (χ0n) is 12.5. The third kappa shape index (κ3) is 2.33. The minimum atomic E-state index is -0.433. The fraction of sp³-hybridized carbons (Fsp3) is 0.154. The van der Waals surface area contributed by atoms with Crippen molar-refractivity contribution in [2.24, 2.45) is 7.05 Å². The molecule has 0 atom stereocenters. The number of hydrogen-bond acceptors (Lipinski definition) is 6. The summed E-state index contributed by atoms with van der Waals surface area (Å²) in [5.74, 6) is 2.76. The van der Waals surface area contributed by atoms with E-state index in [9.17, 15) is 4.79 Å². The number of tetrazole rings is 1. The first-order valence-electron chi connectivity index (χ1n) is 6.65. The van der Waals surface area contributed by atoms with Gasteiger partial charge in [0.15, 0.2) is 1.41 Å². The summed E-state index contributed by atoms with van der Waals surface area (Å²) in [6, 6.07) is 1.54. The van der Waals surface area contributed by atoms with Crippen LogP contribution in [-0.4, -0.2) is 35.0 Å². The van der Waals surface area contributed by atoms with Crippen LogP contribution in [0.15, 0.2) is 29.5 Å². The van der Waals surface area contributed by atoms with Crippen LogP contribution in [0, 0.1) is 12.3 Å². The predicted molar refractivity (Wildman–Crippen MR) is 75.2 cm³/mol. The van der Waals surface area contributed by atoms with Crippen molar-refractivity contribution >= 4 is 0 Å². The molecular formula is C13H11N7O2. The highest BCUT2D eigenvalue weighted by Gasteiger charge is 2.15. The Bertz CT molecular complexity index is 950. The number of aromatic amines is 1. The van der Waals surface area contributed by atoms with E-state index in [0.717, 1.165) is 14.5 Å². The summed E-state index contributed by atoms with van der Waals surface area (Å²) in [4.78, 5) is 16.1. The van der Waals surface area contributed by atoms with Gasteiger partial charge in [-0.2, -0.15) is 9.36 Å². The Labute approximate surface area is 126 Å². The minimum absolute atomic E-state index is 0.0391. The Hall–Kier alpha value is -3.41. The van der Waals surface area contributed by atoms with Crippen molar-refractivity contribution in [2.45, 2.75) is 6.61 Å². The summed E-state index contributed by atoms with van der Waals surface area (Å²) in [6.07, 6.45) is 9.87. The fourth-order valence-electron chi connectivity index (χ4n) is 1.84. The maximum absolute atomic E-state index is 12.0. The average molecular weight is 299 g/mol. The van der Waals surface area contributed by atoms with Gasteiger partial charge in [0.25, 0.3) is 0 Å². The predicted octanol–water partition coefficient (Wildman–Crippen LogP) is -0.356. The molecule has 0 saturated carbocycles. The lowest BCUT2D eigenvalue weighted by Gasteiger charge is -2.10. The van der Waals surface area contributed by atoms with Crippen LogP contribution in [0.4, 0.5) is 0 Å². The first-order valence-corrected chi connectivity index (χ1v) is 6.20. The zero-order valence-corrected chi connectivity index (χ0v) is 11.5. The van der Waals surface area contributed by atoms with Crippen LogP contribution in [0.1, 0.15) is 11.1 Å². The molecule has 0 spiro atoms. The first-order chi connectivity index (χ1) is 11.1. The number of rotatable bonds is 4. The van der Waals surface area contributed by atoms with Crippen molar-refractivity contribution in [3.63, 3.8) is 0 Å². The van der Waals surface area contributed by atoms with Gasteiger partial charge in [0, 0.05) is 31.1 Å². The van der Waals surface area contributed by atoms with Crippen molar-refractivity contribution in [1.29, 1.82) is 0 Å². The Balaban J connectivity index is 2.02. The highest BCUT2D eigenvalue weighted by atomic mass is 16.5. The summed E-state index contributed by atoms with van der Waals surface area (Å²) in [7, 11) is 1.49. The van der Waals surface area contributed by atoms with E-state index in [2.05, 4.69) is 26.4 Å². The molecule has 1 N–H and O–H groups in total. The summed E-state index contributed by atoms with van der Waals surface area (Å²) in [5.41, 5.74) is 0.955. The molecular weight excluding hydrogens is 286 g/mol. The van der Waals surface area contributed by atoms with Crippen molar-refractivity contribution < 1.29 is 6.15 Å². The molecule has 0 bridgehead atoms. The van der Waals surface area contributed by atoms with Crippen LogP contribution in [0.2, 0.25) is 1.41 Å². The summed E-state index contributed by atoms with van der Waals surface area (Å²) in [5, 5.41) is 12.1. The lowest BCUT2D eigenvalue weighted by Crippen LogP contribution is -2.23. The molecule has 3 aromatic rings. The van der Waals surface area contributed by atoms with Crippen LogP contribution >= 0.6 is 0 Å². The van der Waals surface area contributed by atoms with E-state index in [1.165, 1.54) is 31.7 Å².